The molecular formula is C23H21N3O6S. The number of para-hydroxylation sites is 1. The molecule has 0 bridgehead atoms. The van der Waals surface area contributed by atoms with Crippen LogP contribution in [0.5, 0.6) is 0 Å². The van der Waals surface area contributed by atoms with Crippen LogP contribution in [0, 0.1) is 0 Å². The Morgan fingerprint density at radius 1 is 0.939 bits per heavy atom. The Hall–Kier alpha value is -3.86. The molecule has 10 heteroatoms. The van der Waals surface area contributed by atoms with Gasteiger partial charge in [0.25, 0.3) is 5.91 Å². The minimum absolute atomic E-state index is 0.0486. The first-order valence-electron chi connectivity index (χ1n) is 9.85. The van der Waals surface area contributed by atoms with Crippen LogP contribution >= 0.6 is 10.8 Å². The van der Waals surface area contributed by atoms with Crippen LogP contribution in [0.25, 0.3) is 0 Å². The van der Waals surface area contributed by atoms with E-state index < -0.39 is 28.7 Å². The summed E-state index contributed by atoms with van der Waals surface area (Å²) in [7, 11) is -2.27. The van der Waals surface area contributed by atoms with Gasteiger partial charge in [-0.15, -0.1) is 0 Å². The molecule has 1 aliphatic heterocycles. The number of carbonyl (C=O) groups is 3. The molecule has 0 spiro atoms. The van der Waals surface area contributed by atoms with Gasteiger partial charge in [0.15, 0.2) is 0 Å². The number of benzene rings is 3. The zero-order valence-corrected chi connectivity index (χ0v) is 18.3. The fourth-order valence-electron chi connectivity index (χ4n) is 3.45. The number of hydrogen-bond acceptors (Lipinski definition) is 5. The van der Waals surface area contributed by atoms with E-state index in [4.69, 9.17) is 5.11 Å². The number of aromatic carboxylic acids is 1. The van der Waals surface area contributed by atoms with E-state index in [1.807, 2.05) is 6.07 Å². The van der Waals surface area contributed by atoms with Crippen LogP contribution in [0.3, 0.4) is 0 Å². The molecule has 170 valence electrons. The highest BCUT2D eigenvalue weighted by Gasteiger charge is 2.40. The van der Waals surface area contributed by atoms with E-state index in [0.29, 0.717) is 11.3 Å². The number of rotatable bonds is 5. The number of nitrogens with zero attached hydrogens (tertiary/aromatic N) is 2. The van der Waals surface area contributed by atoms with Crippen LogP contribution in [0.1, 0.15) is 26.3 Å². The Bertz CT molecular complexity index is 1230. The summed E-state index contributed by atoms with van der Waals surface area (Å²) in [5.41, 5.74) is 1.67. The van der Waals surface area contributed by atoms with Crippen molar-refractivity contribution < 1.29 is 28.6 Å². The Morgan fingerprint density at radius 2 is 1.58 bits per heavy atom. The van der Waals surface area contributed by atoms with E-state index >= 15 is 0 Å². The standard InChI is InChI=1S/C23H21N3O6S/c1-25-19-12-11-17(21(27)24-18-5-3-2-4-6-18)13-20(19)33(31,32)26(23(25)30)14-15-7-9-16(10-8-15)22(28)29/h2-13,31-32H,14H2,1H3,(H,24,27)(H,28,29). The highest BCUT2D eigenvalue weighted by Crippen LogP contribution is 2.59. The van der Waals surface area contributed by atoms with Gasteiger partial charge in [0.05, 0.1) is 17.8 Å². The van der Waals surface area contributed by atoms with Gasteiger partial charge in [0, 0.05) is 18.3 Å². The van der Waals surface area contributed by atoms with E-state index in [2.05, 4.69) is 5.32 Å². The number of fused-ring (bicyclic) bond motifs is 1. The number of nitrogens with one attached hydrogen (secondary N) is 1. The van der Waals surface area contributed by atoms with E-state index in [0.717, 1.165) is 4.31 Å². The molecule has 0 saturated carbocycles. The van der Waals surface area contributed by atoms with Crippen LogP contribution in [0.4, 0.5) is 16.2 Å². The predicted octanol–water partition coefficient (Wildman–Crippen LogP) is 4.73. The number of amides is 3. The van der Waals surface area contributed by atoms with Crippen molar-refractivity contribution in [1.82, 2.24) is 4.31 Å². The van der Waals surface area contributed by atoms with Crippen LogP contribution in [-0.4, -0.2) is 43.5 Å². The summed E-state index contributed by atoms with van der Waals surface area (Å²) in [6.07, 6.45) is 0. The Kier molecular flexibility index (Phi) is 5.81. The molecule has 9 nitrogen and oxygen atoms in total. The summed E-state index contributed by atoms with van der Waals surface area (Å²) in [6, 6.07) is 18.3. The van der Waals surface area contributed by atoms with Gasteiger partial charge in [-0.3, -0.25) is 18.8 Å². The molecule has 0 radical (unpaired) electrons. The zero-order valence-electron chi connectivity index (χ0n) is 17.5. The van der Waals surface area contributed by atoms with E-state index in [1.165, 1.54) is 54.4 Å². The fraction of sp³-hybridized carbons (Fsp3) is 0.0870. The molecular weight excluding hydrogens is 446 g/mol. The van der Waals surface area contributed by atoms with Gasteiger partial charge < -0.3 is 10.4 Å². The topological polar surface area (TPSA) is 130 Å². The SMILES string of the molecule is CN1C(=O)N(Cc2ccc(C(=O)O)cc2)S(O)(O)c2cc(C(=O)Nc3ccccc3)ccc21. The number of carboxylic acid groups (broad SMARTS) is 1. The van der Waals surface area contributed by atoms with Gasteiger partial charge in [0.2, 0.25) is 0 Å². The van der Waals surface area contributed by atoms with Crippen molar-refractivity contribution in [3.63, 3.8) is 0 Å². The molecule has 4 N–H and O–H groups in total. The summed E-state index contributed by atoms with van der Waals surface area (Å²) in [4.78, 5) is 38.0. The van der Waals surface area contributed by atoms with Crippen LogP contribution < -0.4 is 10.2 Å². The van der Waals surface area contributed by atoms with Crippen molar-refractivity contribution in [1.29, 1.82) is 0 Å². The summed E-state index contributed by atoms with van der Waals surface area (Å²) >= 11 is 0. The molecule has 0 aliphatic carbocycles. The number of carboxylic acids is 1. The highest BCUT2D eigenvalue weighted by atomic mass is 32.3. The van der Waals surface area contributed by atoms with Crippen molar-refractivity contribution >= 4 is 40.1 Å². The molecule has 33 heavy (non-hydrogen) atoms. The molecule has 1 heterocycles. The van der Waals surface area contributed by atoms with Gasteiger partial charge in [0.1, 0.15) is 4.90 Å². The van der Waals surface area contributed by atoms with E-state index in [-0.39, 0.29) is 28.3 Å². The second kappa shape index (κ2) is 8.58. The third-order valence-electron chi connectivity index (χ3n) is 5.24. The lowest BCUT2D eigenvalue weighted by Gasteiger charge is -2.49. The van der Waals surface area contributed by atoms with E-state index in [9.17, 15) is 23.5 Å². The van der Waals surface area contributed by atoms with Crippen molar-refractivity contribution in [2.75, 3.05) is 17.3 Å². The van der Waals surface area contributed by atoms with Crippen molar-refractivity contribution in [2.45, 2.75) is 11.4 Å². The fourth-order valence-corrected chi connectivity index (χ4v) is 5.13. The first-order chi connectivity index (χ1) is 15.7. The van der Waals surface area contributed by atoms with Crippen LogP contribution in [-0.2, 0) is 6.54 Å². The summed E-state index contributed by atoms with van der Waals surface area (Å²) in [5, 5.41) is 11.8. The molecule has 0 saturated heterocycles. The zero-order chi connectivity index (χ0) is 23.8. The minimum Gasteiger partial charge on any atom is -0.478 e. The lowest BCUT2D eigenvalue weighted by Crippen LogP contribution is -2.46. The van der Waals surface area contributed by atoms with Crippen molar-refractivity contribution in [2.24, 2.45) is 0 Å². The van der Waals surface area contributed by atoms with Gasteiger partial charge in [-0.05, 0) is 48.0 Å². The van der Waals surface area contributed by atoms with Crippen molar-refractivity contribution in [3.05, 3.63) is 89.5 Å². The molecule has 0 fully saturated rings. The molecule has 0 unspecified atom stereocenters. The number of carbonyl (C=O) groups excluding carboxylic acids is 2. The first-order valence-corrected chi connectivity index (χ1v) is 11.3. The first kappa shape index (κ1) is 22.3. The molecule has 4 rings (SSSR count). The molecule has 3 aromatic carbocycles. The monoisotopic (exact) mass is 467 g/mol. The molecule has 0 atom stereocenters. The smallest absolute Gasteiger partial charge is 0.343 e. The Labute approximate surface area is 191 Å². The third kappa shape index (κ3) is 4.27. The summed E-state index contributed by atoms with van der Waals surface area (Å²) in [6.45, 7) is -0.161. The largest absolute Gasteiger partial charge is 0.478 e. The second-order valence-corrected chi connectivity index (χ2v) is 9.32. The average molecular weight is 468 g/mol. The summed E-state index contributed by atoms with van der Waals surface area (Å²) < 4.78 is 23.1. The lowest BCUT2D eigenvalue weighted by molar-refractivity contribution is 0.0696. The molecule has 1 aliphatic rings. The van der Waals surface area contributed by atoms with Gasteiger partial charge in [-0.25, -0.2) is 13.9 Å². The maximum Gasteiger partial charge on any atom is 0.343 e. The Morgan fingerprint density at radius 3 is 2.21 bits per heavy atom. The second-order valence-electron chi connectivity index (χ2n) is 7.40. The lowest BCUT2D eigenvalue weighted by atomic mass is 10.1. The number of hydrogen-bond donors (Lipinski definition) is 4. The van der Waals surface area contributed by atoms with Gasteiger partial charge in [-0.2, -0.15) is 0 Å². The molecule has 3 amide bonds. The van der Waals surface area contributed by atoms with Crippen molar-refractivity contribution in [3.8, 4) is 0 Å². The van der Waals surface area contributed by atoms with Gasteiger partial charge in [-0.1, -0.05) is 41.1 Å². The van der Waals surface area contributed by atoms with Crippen LogP contribution in [0.15, 0.2) is 77.7 Å². The highest BCUT2D eigenvalue weighted by molar-refractivity contribution is 8.22. The average Bonchev–Trinajstić information content (AvgIpc) is 2.81. The number of urea groups is 1. The van der Waals surface area contributed by atoms with Gasteiger partial charge >= 0.3 is 12.0 Å². The Balaban J connectivity index is 1.65. The van der Waals surface area contributed by atoms with E-state index in [1.54, 1.807) is 24.3 Å². The summed E-state index contributed by atoms with van der Waals surface area (Å²) in [5.74, 6) is -1.52. The minimum atomic E-state index is -3.77. The maximum absolute atomic E-state index is 12.9. The molecule has 0 aromatic heterocycles. The normalized spacial score (nSPS) is 15.5. The number of anilines is 2. The predicted molar refractivity (Wildman–Crippen MR) is 125 cm³/mol. The maximum atomic E-state index is 12.9. The van der Waals surface area contributed by atoms with Crippen LogP contribution in [0.2, 0.25) is 0 Å². The quantitative estimate of drug-likeness (QED) is 0.429. The molecule has 3 aromatic rings. The third-order valence-corrected chi connectivity index (χ3v) is 7.06.